The molecule has 1 aliphatic heterocycles. The fourth-order valence-corrected chi connectivity index (χ4v) is 3.60. The van der Waals surface area contributed by atoms with Crippen LogP contribution < -0.4 is 0 Å². The lowest BCUT2D eigenvalue weighted by atomic mass is 9.94. The summed E-state index contributed by atoms with van der Waals surface area (Å²) in [4.78, 5) is 30.3. The molecule has 0 bridgehead atoms. The molecule has 0 N–H and O–H groups in total. The van der Waals surface area contributed by atoms with Gasteiger partial charge < -0.3 is 9.64 Å². The maximum Gasteiger partial charge on any atom is 0.328 e. The summed E-state index contributed by atoms with van der Waals surface area (Å²) in [7, 11) is 1.39. The van der Waals surface area contributed by atoms with Crippen LogP contribution in [-0.2, 0) is 9.53 Å². The number of carbonyl (C=O) groups is 2. The number of pyridine rings is 1. The summed E-state index contributed by atoms with van der Waals surface area (Å²) >= 11 is 0. The molecule has 20 heavy (non-hydrogen) atoms. The van der Waals surface area contributed by atoms with E-state index in [4.69, 9.17) is 4.74 Å². The molecule has 2 heterocycles. The van der Waals surface area contributed by atoms with Gasteiger partial charge in [-0.2, -0.15) is 0 Å². The molecule has 1 saturated carbocycles. The number of hydrogen-bond donors (Lipinski definition) is 0. The maximum absolute atomic E-state index is 12.6. The van der Waals surface area contributed by atoms with Gasteiger partial charge in [0.1, 0.15) is 6.04 Å². The highest BCUT2D eigenvalue weighted by molar-refractivity contribution is 5.97. The van der Waals surface area contributed by atoms with Crippen LogP contribution >= 0.6 is 0 Å². The van der Waals surface area contributed by atoms with E-state index in [1.807, 2.05) is 0 Å². The third kappa shape index (κ3) is 2.07. The average Bonchev–Trinajstić information content (AvgIpc) is 3.07. The first-order chi connectivity index (χ1) is 9.72. The molecule has 1 saturated heterocycles. The van der Waals surface area contributed by atoms with Crippen LogP contribution in [0.2, 0.25) is 0 Å². The van der Waals surface area contributed by atoms with E-state index in [0.717, 1.165) is 19.3 Å². The lowest BCUT2D eigenvalue weighted by molar-refractivity contribution is -0.146. The number of hydrogen-bond acceptors (Lipinski definition) is 4. The highest BCUT2D eigenvalue weighted by Crippen LogP contribution is 2.42. The van der Waals surface area contributed by atoms with E-state index < -0.39 is 6.04 Å². The minimum atomic E-state index is -0.423. The van der Waals surface area contributed by atoms with Crippen LogP contribution in [0.4, 0.5) is 0 Å². The summed E-state index contributed by atoms with van der Waals surface area (Å²) in [5, 5.41) is 0. The normalized spacial score (nSPS) is 28.2. The monoisotopic (exact) mass is 274 g/mol. The first kappa shape index (κ1) is 13.1. The van der Waals surface area contributed by atoms with Gasteiger partial charge in [-0.3, -0.25) is 9.78 Å². The van der Waals surface area contributed by atoms with Crippen molar-refractivity contribution in [3.63, 3.8) is 0 Å². The Morgan fingerprint density at radius 1 is 1.30 bits per heavy atom. The Morgan fingerprint density at radius 2 is 2.05 bits per heavy atom. The Hall–Kier alpha value is -1.91. The zero-order chi connectivity index (χ0) is 14.1. The Morgan fingerprint density at radius 3 is 2.75 bits per heavy atom. The molecule has 3 rings (SSSR count). The van der Waals surface area contributed by atoms with Gasteiger partial charge in [-0.05, 0) is 36.8 Å². The van der Waals surface area contributed by atoms with Crippen molar-refractivity contribution >= 4 is 11.9 Å². The predicted molar refractivity (Wildman–Crippen MR) is 71.9 cm³/mol. The standard InChI is InChI=1S/C15H18N2O3/c1-20-15(19)13-12-4-2-3-11(12)9-17(13)14(18)10-5-7-16-8-6-10/h5-8,11-13H,2-4,9H2,1H3/t11-,12-,13+/m1/s1. The molecular weight excluding hydrogens is 256 g/mol. The number of carbonyl (C=O) groups excluding carboxylic acids is 2. The minimum Gasteiger partial charge on any atom is -0.467 e. The smallest absolute Gasteiger partial charge is 0.328 e. The number of esters is 1. The summed E-state index contributed by atoms with van der Waals surface area (Å²) < 4.78 is 4.91. The predicted octanol–water partition coefficient (Wildman–Crippen LogP) is 1.50. The summed E-state index contributed by atoms with van der Waals surface area (Å²) in [6, 6.07) is 2.95. The molecule has 2 fully saturated rings. The molecule has 1 aromatic rings. The van der Waals surface area contributed by atoms with Gasteiger partial charge in [0, 0.05) is 24.5 Å². The van der Waals surface area contributed by atoms with Crippen molar-refractivity contribution in [3.8, 4) is 0 Å². The highest BCUT2D eigenvalue weighted by atomic mass is 16.5. The summed E-state index contributed by atoms with van der Waals surface area (Å²) in [6.07, 6.45) is 6.43. The first-order valence-corrected chi connectivity index (χ1v) is 7.01. The molecule has 0 radical (unpaired) electrons. The topological polar surface area (TPSA) is 59.5 Å². The second-order valence-electron chi connectivity index (χ2n) is 5.52. The second-order valence-corrected chi connectivity index (χ2v) is 5.52. The van der Waals surface area contributed by atoms with Crippen LogP contribution in [-0.4, -0.2) is 41.5 Å². The molecule has 1 aliphatic carbocycles. The van der Waals surface area contributed by atoms with Gasteiger partial charge in [0.25, 0.3) is 5.91 Å². The number of methoxy groups -OCH3 is 1. The summed E-state index contributed by atoms with van der Waals surface area (Å²) in [5.74, 6) is 0.303. The first-order valence-electron chi connectivity index (χ1n) is 7.01. The number of likely N-dealkylation sites (tertiary alicyclic amines) is 1. The zero-order valence-corrected chi connectivity index (χ0v) is 11.5. The van der Waals surface area contributed by atoms with E-state index in [-0.39, 0.29) is 17.8 Å². The number of amides is 1. The molecule has 0 unspecified atom stereocenters. The van der Waals surface area contributed by atoms with Gasteiger partial charge in [-0.25, -0.2) is 4.79 Å². The third-order valence-corrected chi connectivity index (χ3v) is 4.52. The Labute approximate surface area is 117 Å². The molecule has 106 valence electrons. The van der Waals surface area contributed by atoms with Crippen molar-refractivity contribution in [2.24, 2.45) is 11.8 Å². The van der Waals surface area contributed by atoms with E-state index in [0.29, 0.717) is 18.0 Å². The largest absolute Gasteiger partial charge is 0.467 e. The molecule has 0 spiro atoms. The van der Waals surface area contributed by atoms with E-state index in [1.165, 1.54) is 7.11 Å². The van der Waals surface area contributed by atoms with Crippen molar-refractivity contribution in [1.29, 1.82) is 0 Å². The number of nitrogens with zero attached hydrogens (tertiary/aromatic N) is 2. The van der Waals surface area contributed by atoms with E-state index >= 15 is 0 Å². The number of ether oxygens (including phenoxy) is 1. The second kappa shape index (κ2) is 5.23. The molecule has 5 nitrogen and oxygen atoms in total. The van der Waals surface area contributed by atoms with Crippen LogP contribution in [0.5, 0.6) is 0 Å². The molecule has 2 aliphatic rings. The Balaban J connectivity index is 1.88. The van der Waals surface area contributed by atoms with Crippen LogP contribution in [0.1, 0.15) is 29.6 Å². The van der Waals surface area contributed by atoms with Crippen molar-refractivity contribution in [3.05, 3.63) is 30.1 Å². The molecule has 5 heteroatoms. The molecule has 1 amide bonds. The van der Waals surface area contributed by atoms with Gasteiger partial charge in [0.2, 0.25) is 0 Å². The van der Waals surface area contributed by atoms with E-state index in [9.17, 15) is 9.59 Å². The fraction of sp³-hybridized carbons (Fsp3) is 0.533. The van der Waals surface area contributed by atoms with E-state index in [1.54, 1.807) is 29.4 Å². The quantitative estimate of drug-likeness (QED) is 0.767. The van der Waals surface area contributed by atoms with Crippen molar-refractivity contribution in [2.45, 2.75) is 25.3 Å². The third-order valence-electron chi connectivity index (χ3n) is 4.52. The highest BCUT2D eigenvalue weighted by Gasteiger charge is 2.50. The molecular formula is C15H18N2O3. The van der Waals surface area contributed by atoms with Gasteiger partial charge in [0.05, 0.1) is 7.11 Å². The Kier molecular flexibility index (Phi) is 3.42. The zero-order valence-electron chi connectivity index (χ0n) is 11.5. The average molecular weight is 274 g/mol. The number of rotatable bonds is 2. The molecule has 0 aromatic carbocycles. The SMILES string of the molecule is COC(=O)[C@@H]1[C@@H]2CCC[C@@H]2CN1C(=O)c1ccncc1. The lowest BCUT2D eigenvalue weighted by Gasteiger charge is -2.25. The van der Waals surface area contributed by atoms with Gasteiger partial charge in [-0.15, -0.1) is 0 Å². The van der Waals surface area contributed by atoms with Crippen LogP contribution in [0.25, 0.3) is 0 Å². The number of fused-ring (bicyclic) bond motifs is 1. The molecule has 3 atom stereocenters. The Bertz CT molecular complexity index is 517. The van der Waals surface area contributed by atoms with Gasteiger partial charge >= 0.3 is 5.97 Å². The fourth-order valence-electron chi connectivity index (χ4n) is 3.60. The maximum atomic E-state index is 12.6. The van der Waals surface area contributed by atoms with E-state index in [2.05, 4.69) is 4.98 Å². The summed E-state index contributed by atoms with van der Waals surface area (Å²) in [5.41, 5.74) is 0.578. The van der Waals surface area contributed by atoms with Gasteiger partial charge in [-0.1, -0.05) is 6.42 Å². The van der Waals surface area contributed by atoms with Crippen LogP contribution in [0.3, 0.4) is 0 Å². The minimum absolute atomic E-state index is 0.0998. The van der Waals surface area contributed by atoms with Crippen LogP contribution in [0.15, 0.2) is 24.5 Å². The van der Waals surface area contributed by atoms with Crippen molar-refractivity contribution in [1.82, 2.24) is 9.88 Å². The summed E-state index contributed by atoms with van der Waals surface area (Å²) in [6.45, 7) is 0.658. The van der Waals surface area contributed by atoms with Crippen LogP contribution in [0, 0.1) is 11.8 Å². The lowest BCUT2D eigenvalue weighted by Crippen LogP contribution is -2.43. The van der Waals surface area contributed by atoms with Gasteiger partial charge in [0.15, 0.2) is 0 Å². The van der Waals surface area contributed by atoms with Crippen molar-refractivity contribution in [2.75, 3.05) is 13.7 Å². The number of aromatic nitrogens is 1. The molecule has 1 aromatic heterocycles. The van der Waals surface area contributed by atoms with Crippen molar-refractivity contribution < 1.29 is 14.3 Å².